The van der Waals surface area contributed by atoms with Crippen LogP contribution in [0.25, 0.3) is 0 Å². The molecule has 0 aliphatic heterocycles. The number of nitro benzene ring substituents is 1. The first-order chi connectivity index (χ1) is 14.3. The SMILES string of the molecule is CCOc1cc(C(=O)O[C@@H](C)C(=O)Nc2ccc(OC)cc2[N+](=O)[O-])ccc1OC. The molecule has 30 heavy (non-hydrogen) atoms. The van der Waals surface area contributed by atoms with Gasteiger partial charge in [0.25, 0.3) is 11.6 Å². The number of anilines is 1. The average molecular weight is 418 g/mol. The molecule has 10 heteroatoms. The van der Waals surface area contributed by atoms with Gasteiger partial charge >= 0.3 is 5.97 Å². The number of hydrogen-bond donors (Lipinski definition) is 1. The number of methoxy groups -OCH3 is 2. The highest BCUT2D eigenvalue weighted by Crippen LogP contribution is 2.30. The number of rotatable bonds is 9. The maximum Gasteiger partial charge on any atom is 0.339 e. The van der Waals surface area contributed by atoms with Gasteiger partial charge < -0.3 is 24.3 Å². The second-order valence-electron chi connectivity index (χ2n) is 5.98. The van der Waals surface area contributed by atoms with Crippen LogP contribution in [-0.2, 0) is 9.53 Å². The summed E-state index contributed by atoms with van der Waals surface area (Å²) in [6, 6.07) is 8.45. The quantitative estimate of drug-likeness (QED) is 0.374. The Kier molecular flexibility index (Phi) is 7.56. The lowest BCUT2D eigenvalue weighted by Crippen LogP contribution is -2.30. The van der Waals surface area contributed by atoms with E-state index in [1.54, 1.807) is 13.0 Å². The minimum absolute atomic E-state index is 0.0446. The second kappa shape index (κ2) is 10.1. The summed E-state index contributed by atoms with van der Waals surface area (Å²) >= 11 is 0. The first-order valence-corrected chi connectivity index (χ1v) is 8.95. The van der Waals surface area contributed by atoms with Crippen LogP contribution in [0.15, 0.2) is 36.4 Å². The van der Waals surface area contributed by atoms with Gasteiger partial charge in [-0.05, 0) is 44.2 Å². The molecular weight excluding hydrogens is 396 g/mol. The molecule has 1 N–H and O–H groups in total. The average Bonchev–Trinajstić information content (AvgIpc) is 2.73. The Morgan fingerprint density at radius 1 is 1.10 bits per heavy atom. The number of benzene rings is 2. The molecule has 0 aliphatic carbocycles. The molecular formula is C20H22N2O8. The van der Waals surface area contributed by atoms with Crippen molar-refractivity contribution in [2.75, 3.05) is 26.1 Å². The molecule has 2 rings (SSSR count). The number of ether oxygens (including phenoxy) is 4. The number of amides is 1. The van der Waals surface area contributed by atoms with Gasteiger partial charge in [-0.25, -0.2) is 4.79 Å². The molecule has 160 valence electrons. The van der Waals surface area contributed by atoms with Crippen molar-refractivity contribution in [2.45, 2.75) is 20.0 Å². The monoisotopic (exact) mass is 418 g/mol. The van der Waals surface area contributed by atoms with Crippen LogP contribution in [-0.4, -0.2) is 43.7 Å². The van der Waals surface area contributed by atoms with Crippen LogP contribution >= 0.6 is 0 Å². The molecule has 1 amide bonds. The summed E-state index contributed by atoms with van der Waals surface area (Å²) in [7, 11) is 2.84. The smallest absolute Gasteiger partial charge is 0.339 e. The predicted molar refractivity (Wildman–Crippen MR) is 107 cm³/mol. The Bertz CT molecular complexity index is 944. The minimum atomic E-state index is -1.21. The Morgan fingerprint density at radius 3 is 2.43 bits per heavy atom. The van der Waals surface area contributed by atoms with Crippen molar-refractivity contribution in [1.82, 2.24) is 0 Å². The number of esters is 1. The lowest BCUT2D eigenvalue weighted by atomic mass is 10.2. The standard InChI is InChI=1S/C20H22N2O8/c1-5-29-18-10-13(6-9-17(18)28-4)20(24)30-12(2)19(23)21-15-8-7-14(27-3)11-16(15)22(25)26/h6-12H,5H2,1-4H3,(H,21,23)/t12-/m0/s1. The van der Waals surface area contributed by atoms with E-state index in [2.05, 4.69) is 5.32 Å². The van der Waals surface area contributed by atoms with E-state index in [0.717, 1.165) is 0 Å². The molecule has 0 aromatic heterocycles. The van der Waals surface area contributed by atoms with Crippen molar-refractivity contribution in [3.8, 4) is 17.2 Å². The van der Waals surface area contributed by atoms with E-state index < -0.39 is 22.9 Å². The Hall–Kier alpha value is -3.82. The highest BCUT2D eigenvalue weighted by atomic mass is 16.6. The molecule has 0 radical (unpaired) electrons. The van der Waals surface area contributed by atoms with Crippen molar-refractivity contribution in [3.63, 3.8) is 0 Å². The molecule has 0 fully saturated rings. The van der Waals surface area contributed by atoms with Gasteiger partial charge in [-0.3, -0.25) is 14.9 Å². The molecule has 0 saturated heterocycles. The zero-order valence-corrected chi connectivity index (χ0v) is 17.0. The zero-order valence-electron chi connectivity index (χ0n) is 17.0. The van der Waals surface area contributed by atoms with Gasteiger partial charge in [0.1, 0.15) is 11.4 Å². The largest absolute Gasteiger partial charge is 0.496 e. The summed E-state index contributed by atoms with van der Waals surface area (Å²) in [6.45, 7) is 3.51. The first-order valence-electron chi connectivity index (χ1n) is 8.95. The van der Waals surface area contributed by atoms with E-state index in [4.69, 9.17) is 18.9 Å². The predicted octanol–water partition coefficient (Wildman–Crippen LogP) is 3.19. The third kappa shape index (κ3) is 5.37. The van der Waals surface area contributed by atoms with Crippen LogP contribution in [0.3, 0.4) is 0 Å². The Morgan fingerprint density at radius 2 is 1.83 bits per heavy atom. The highest BCUT2D eigenvalue weighted by Gasteiger charge is 2.23. The third-order valence-corrected chi connectivity index (χ3v) is 4.01. The maximum absolute atomic E-state index is 12.4. The van der Waals surface area contributed by atoms with Crippen LogP contribution in [0, 0.1) is 10.1 Å². The Labute approximate surface area is 172 Å². The normalized spacial score (nSPS) is 11.2. The van der Waals surface area contributed by atoms with E-state index >= 15 is 0 Å². The number of nitro groups is 1. The Balaban J connectivity index is 2.12. The van der Waals surface area contributed by atoms with Gasteiger partial charge in [-0.15, -0.1) is 0 Å². The van der Waals surface area contributed by atoms with Gasteiger partial charge in [0, 0.05) is 0 Å². The van der Waals surface area contributed by atoms with Crippen molar-refractivity contribution in [3.05, 3.63) is 52.1 Å². The molecule has 2 aromatic carbocycles. The summed E-state index contributed by atoms with van der Waals surface area (Å²) in [5.41, 5.74) is -0.233. The van der Waals surface area contributed by atoms with Crippen LogP contribution in [0.5, 0.6) is 17.2 Å². The lowest BCUT2D eigenvalue weighted by Gasteiger charge is -2.15. The van der Waals surface area contributed by atoms with Crippen LogP contribution in [0.2, 0.25) is 0 Å². The lowest BCUT2D eigenvalue weighted by molar-refractivity contribution is -0.384. The van der Waals surface area contributed by atoms with Gasteiger partial charge in [0.05, 0.1) is 37.4 Å². The topological polar surface area (TPSA) is 126 Å². The summed E-state index contributed by atoms with van der Waals surface area (Å²) < 4.78 is 20.7. The molecule has 1 atom stereocenters. The van der Waals surface area contributed by atoms with E-state index in [0.29, 0.717) is 18.1 Å². The summed E-state index contributed by atoms with van der Waals surface area (Å²) in [5, 5.41) is 13.6. The van der Waals surface area contributed by atoms with E-state index in [9.17, 15) is 19.7 Å². The molecule has 10 nitrogen and oxygen atoms in total. The van der Waals surface area contributed by atoms with Crippen molar-refractivity contribution < 1.29 is 33.5 Å². The highest BCUT2D eigenvalue weighted by molar-refractivity contribution is 5.98. The fourth-order valence-electron chi connectivity index (χ4n) is 2.48. The summed E-state index contributed by atoms with van der Waals surface area (Å²) in [4.78, 5) is 35.4. The molecule has 0 bridgehead atoms. The van der Waals surface area contributed by atoms with Crippen LogP contribution in [0.1, 0.15) is 24.2 Å². The maximum atomic E-state index is 12.4. The van der Waals surface area contributed by atoms with Crippen molar-refractivity contribution in [2.24, 2.45) is 0 Å². The minimum Gasteiger partial charge on any atom is -0.496 e. The fourth-order valence-corrected chi connectivity index (χ4v) is 2.48. The van der Waals surface area contributed by atoms with Gasteiger partial charge in [-0.1, -0.05) is 0 Å². The second-order valence-corrected chi connectivity index (χ2v) is 5.98. The van der Waals surface area contributed by atoms with E-state index in [1.165, 1.54) is 51.5 Å². The summed E-state index contributed by atoms with van der Waals surface area (Å²) in [6.07, 6.45) is -1.21. The molecule has 0 spiro atoms. The van der Waals surface area contributed by atoms with Gasteiger partial charge in [-0.2, -0.15) is 0 Å². The number of hydrogen-bond acceptors (Lipinski definition) is 8. The van der Waals surface area contributed by atoms with E-state index in [1.807, 2.05) is 0 Å². The summed E-state index contributed by atoms with van der Waals surface area (Å²) in [5.74, 6) is -0.407. The number of carbonyl (C=O) groups excluding carboxylic acids is 2. The van der Waals surface area contributed by atoms with Crippen molar-refractivity contribution in [1.29, 1.82) is 0 Å². The fraction of sp³-hybridized carbons (Fsp3) is 0.300. The number of nitrogens with one attached hydrogen (secondary N) is 1. The third-order valence-electron chi connectivity index (χ3n) is 4.01. The van der Waals surface area contributed by atoms with Crippen molar-refractivity contribution >= 4 is 23.3 Å². The zero-order chi connectivity index (χ0) is 22.3. The van der Waals surface area contributed by atoms with E-state index in [-0.39, 0.29) is 22.7 Å². The van der Waals surface area contributed by atoms with Crippen LogP contribution < -0.4 is 19.5 Å². The van der Waals surface area contributed by atoms with Crippen LogP contribution in [0.4, 0.5) is 11.4 Å². The molecule has 0 saturated carbocycles. The first kappa shape index (κ1) is 22.5. The molecule has 2 aromatic rings. The number of carbonyl (C=O) groups is 2. The molecule has 0 aliphatic rings. The number of nitrogens with zero attached hydrogens (tertiary/aromatic N) is 1. The van der Waals surface area contributed by atoms with Gasteiger partial charge in [0.2, 0.25) is 0 Å². The molecule has 0 heterocycles. The molecule has 0 unspecified atom stereocenters. The van der Waals surface area contributed by atoms with Gasteiger partial charge in [0.15, 0.2) is 17.6 Å².